The lowest BCUT2D eigenvalue weighted by molar-refractivity contribution is -0.151. The Morgan fingerprint density at radius 1 is 1.60 bits per heavy atom. The molecule has 1 amide bonds. The lowest BCUT2D eigenvalue weighted by Crippen LogP contribution is -2.44. The molecule has 2 aliphatic heterocycles. The van der Waals surface area contributed by atoms with E-state index in [2.05, 4.69) is 4.74 Å². The van der Waals surface area contributed by atoms with E-state index in [1.54, 1.807) is 6.92 Å². The van der Waals surface area contributed by atoms with Crippen molar-refractivity contribution in [2.45, 2.75) is 19.6 Å². The summed E-state index contributed by atoms with van der Waals surface area (Å²) in [6.45, 7) is 2.41. The molecule has 0 saturated carbocycles. The molecular formula is C13H16N2O5. The van der Waals surface area contributed by atoms with Crippen LogP contribution in [0.15, 0.2) is 11.8 Å². The predicted molar refractivity (Wildman–Crippen MR) is 65.9 cm³/mol. The summed E-state index contributed by atoms with van der Waals surface area (Å²) in [5, 5.41) is 8.99. The van der Waals surface area contributed by atoms with E-state index in [1.165, 1.54) is 18.1 Å². The number of allylic oxidation sites excluding steroid dienone is 1. The zero-order chi connectivity index (χ0) is 14.7. The number of carbonyl (C=O) groups excluding carboxylic acids is 2. The van der Waals surface area contributed by atoms with Crippen LogP contribution in [0.5, 0.6) is 0 Å². The van der Waals surface area contributed by atoms with Gasteiger partial charge < -0.3 is 14.2 Å². The molecule has 0 aromatic heterocycles. The zero-order valence-electron chi connectivity index (χ0n) is 11.4. The highest BCUT2D eigenvalue weighted by molar-refractivity contribution is 5.76. The Balaban J connectivity index is 2.25. The van der Waals surface area contributed by atoms with Crippen LogP contribution in [0.3, 0.4) is 0 Å². The third-order valence-corrected chi connectivity index (χ3v) is 3.49. The van der Waals surface area contributed by atoms with Gasteiger partial charge in [-0.25, -0.2) is 4.79 Å². The maximum atomic E-state index is 12.0. The zero-order valence-corrected chi connectivity index (χ0v) is 11.4. The minimum Gasteiger partial charge on any atom is -0.466 e. The average Bonchev–Trinajstić information content (AvgIpc) is 2.89. The number of likely N-dealkylation sites (tertiary alicyclic amines) is 1. The number of carbonyl (C=O) groups is 2. The molecule has 7 nitrogen and oxygen atoms in total. The predicted octanol–water partition coefficient (Wildman–Crippen LogP) is 1.02. The number of fused-ring (bicyclic) bond motifs is 1. The van der Waals surface area contributed by atoms with E-state index in [9.17, 15) is 9.59 Å². The molecule has 0 aromatic carbocycles. The van der Waals surface area contributed by atoms with Crippen molar-refractivity contribution in [3.63, 3.8) is 0 Å². The summed E-state index contributed by atoms with van der Waals surface area (Å²) in [5.41, 5.74) is 0. The Morgan fingerprint density at radius 3 is 2.95 bits per heavy atom. The van der Waals surface area contributed by atoms with Crippen molar-refractivity contribution in [2.24, 2.45) is 11.8 Å². The van der Waals surface area contributed by atoms with E-state index >= 15 is 0 Å². The van der Waals surface area contributed by atoms with Crippen molar-refractivity contribution in [2.75, 3.05) is 20.3 Å². The fourth-order valence-electron chi connectivity index (χ4n) is 2.61. The molecule has 0 bridgehead atoms. The van der Waals surface area contributed by atoms with Crippen LogP contribution in [0.4, 0.5) is 4.79 Å². The number of amides is 1. The number of nitriles is 1. The molecule has 0 aromatic rings. The summed E-state index contributed by atoms with van der Waals surface area (Å²) in [4.78, 5) is 25.0. The fraction of sp³-hybridized carbons (Fsp3) is 0.615. The lowest BCUT2D eigenvalue weighted by Gasteiger charge is -2.33. The summed E-state index contributed by atoms with van der Waals surface area (Å²) in [6, 6.07) is 1.87. The van der Waals surface area contributed by atoms with Gasteiger partial charge in [0.25, 0.3) is 0 Å². The molecule has 20 heavy (non-hydrogen) atoms. The standard InChI is InChI=1S/C13H16N2O5/c1-3-19-12(16)10-6-8(7-14)20-11-9(10)4-5-15(11)13(17)18-2/h6,9-11H,3-5H2,1-2H3/t9-,10+,11+/m0/s1. The first-order chi connectivity index (χ1) is 9.62. The summed E-state index contributed by atoms with van der Waals surface area (Å²) in [5.74, 6) is -1.16. The van der Waals surface area contributed by atoms with Crippen molar-refractivity contribution in [3.8, 4) is 6.07 Å². The van der Waals surface area contributed by atoms with Gasteiger partial charge in [0, 0.05) is 12.5 Å². The van der Waals surface area contributed by atoms with Crippen molar-refractivity contribution >= 4 is 12.1 Å². The molecule has 0 N–H and O–H groups in total. The largest absolute Gasteiger partial charge is 0.466 e. The smallest absolute Gasteiger partial charge is 0.412 e. The molecule has 0 aliphatic carbocycles. The summed E-state index contributed by atoms with van der Waals surface area (Å²) in [7, 11) is 1.28. The van der Waals surface area contributed by atoms with E-state index in [4.69, 9.17) is 14.7 Å². The SMILES string of the molecule is CCOC(=O)[C@@H]1C=C(C#N)O[C@@H]2[C@H]1CCN2C(=O)OC. The quantitative estimate of drug-likeness (QED) is 0.701. The van der Waals surface area contributed by atoms with Gasteiger partial charge >= 0.3 is 12.1 Å². The Morgan fingerprint density at radius 2 is 2.35 bits per heavy atom. The van der Waals surface area contributed by atoms with Crippen LogP contribution in [0.2, 0.25) is 0 Å². The first kappa shape index (κ1) is 14.2. The minimum atomic E-state index is -0.656. The summed E-state index contributed by atoms with van der Waals surface area (Å²) in [6.07, 6.45) is 0.883. The third kappa shape index (κ3) is 2.41. The molecule has 1 saturated heterocycles. The lowest BCUT2D eigenvalue weighted by atomic mass is 9.88. The van der Waals surface area contributed by atoms with Gasteiger partial charge in [0.15, 0.2) is 12.0 Å². The van der Waals surface area contributed by atoms with Gasteiger partial charge in [-0.3, -0.25) is 9.69 Å². The Kier molecular flexibility index (Phi) is 4.13. The van der Waals surface area contributed by atoms with E-state index in [-0.39, 0.29) is 18.3 Å². The van der Waals surface area contributed by atoms with Crippen LogP contribution in [0.1, 0.15) is 13.3 Å². The van der Waals surface area contributed by atoms with Gasteiger partial charge in [-0.2, -0.15) is 5.26 Å². The number of hydrogen-bond acceptors (Lipinski definition) is 6. The second-order valence-electron chi connectivity index (χ2n) is 4.54. The first-order valence-electron chi connectivity index (χ1n) is 6.42. The molecule has 0 radical (unpaired) electrons. The van der Waals surface area contributed by atoms with Crippen molar-refractivity contribution in [3.05, 3.63) is 11.8 Å². The molecule has 2 rings (SSSR count). The number of hydrogen-bond donors (Lipinski definition) is 0. The maximum absolute atomic E-state index is 12.0. The molecule has 7 heteroatoms. The van der Waals surface area contributed by atoms with Crippen LogP contribution in [-0.4, -0.2) is 43.5 Å². The van der Waals surface area contributed by atoms with Crippen molar-refractivity contribution in [1.82, 2.24) is 4.90 Å². The van der Waals surface area contributed by atoms with E-state index in [0.29, 0.717) is 13.0 Å². The first-order valence-corrected chi connectivity index (χ1v) is 6.42. The molecule has 1 fully saturated rings. The van der Waals surface area contributed by atoms with Gasteiger partial charge in [-0.15, -0.1) is 0 Å². The van der Waals surface area contributed by atoms with Crippen molar-refractivity contribution in [1.29, 1.82) is 5.26 Å². The second-order valence-corrected chi connectivity index (χ2v) is 4.54. The highest BCUT2D eigenvalue weighted by atomic mass is 16.6. The maximum Gasteiger partial charge on any atom is 0.412 e. The highest BCUT2D eigenvalue weighted by Gasteiger charge is 2.48. The topological polar surface area (TPSA) is 88.9 Å². The van der Waals surface area contributed by atoms with E-state index in [0.717, 1.165) is 0 Å². The Labute approximate surface area is 116 Å². The van der Waals surface area contributed by atoms with Crippen LogP contribution < -0.4 is 0 Å². The summed E-state index contributed by atoms with van der Waals surface area (Å²) < 4.78 is 15.2. The molecule has 2 aliphatic rings. The number of ether oxygens (including phenoxy) is 3. The molecule has 108 valence electrons. The Bertz CT molecular complexity index is 482. The normalized spacial score (nSPS) is 27.8. The van der Waals surface area contributed by atoms with Crippen molar-refractivity contribution < 1.29 is 23.8 Å². The molecule has 0 unspecified atom stereocenters. The second kappa shape index (κ2) is 5.82. The molecule has 0 spiro atoms. The minimum absolute atomic E-state index is 0.0279. The highest BCUT2D eigenvalue weighted by Crippen LogP contribution is 2.38. The van der Waals surface area contributed by atoms with Gasteiger partial charge in [0.05, 0.1) is 19.6 Å². The number of rotatable bonds is 2. The molecule has 3 atom stereocenters. The van der Waals surface area contributed by atoms with Gasteiger partial charge in [0.2, 0.25) is 0 Å². The third-order valence-electron chi connectivity index (χ3n) is 3.49. The van der Waals surface area contributed by atoms with Gasteiger partial charge in [-0.05, 0) is 19.4 Å². The fourth-order valence-corrected chi connectivity index (χ4v) is 2.61. The monoisotopic (exact) mass is 280 g/mol. The summed E-state index contributed by atoms with van der Waals surface area (Å²) >= 11 is 0. The van der Waals surface area contributed by atoms with Gasteiger partial charge in [-0.1, -0.05) is 0 Å². The average molecular weight is 280 g/mol. The van der Waals surface area contributed by atoms with E-state index in [1.807, 2.05) is 6.07 Å². The van der Waals surface area contributed by atoms with Crippen LogP contribution in [0.25, 0.3) is 0 Å². The van der Waals surface area contributed by atoms with Crippen LogP contribution in [-0.2, 0) is 19.0 Å². The van der Waals surface area contributed by atoms with Crippen LogP contribution in [0, 0.1) is 23.2 Å². The number of esters is 1. The Hall–Kier alpha value is -2.23. The van der Waals surface area contributed by atoms with E-state index < -0.39 is 24.2 Å². The number of methoxy groups -OCH3 is 1. The molecular weight excluding hydrogens is 264 g/mol. The molecule has 2 heterocycles. The number of nitrogens with zero attached hydrogens (tertiary/aromatic N) is 2. The van der Waals surface area contributed by atoms with Crippen LogP contribution >= 0.6 is 0 Å². The van der Waals surface area contributed by atoms with Gasteiger partial charge in [0.1, 0.15) is 6.07 Å².